The van der Waals surface area contributed by atoms with E-state index in [0.717, 1.165) is 41.2 Å². The molecule has 1 amide bonds. The lowest BCUT2D eigenvalue weighted by molar-refractivity contribution is 0.181. The number of hydrogen-bond donors (Lipinski definition) is 0. The number of benzene rings is 2. The molecule has 1 saturated heterocycles. The molecule has 0 aliphatic carbocycles. The topological polar surface area (TPSA) is 76.4 Å². The number of amides is 1. The molecule has 8 nitrogen and oxygen atoms in total. The van der Waals surface area contributed by atoms with Crippen molar-refractivity contribution < 1.29 is 9.53 Å². The molecule has 8 heteroatoms. The number of hydrogen-bond acceptors (Lipinski definition) is 6. The molecular formula is C23H20N6O2. The van der Waals surface area contributed by atoms with Gasteiger partial charge in [0, 0.05) is 13.1 Å². The van der Waals surface area contributed by atoms with E-state index in [2.05, 4.69) is 26.0 Å². The number of rotatable bonds is 3. The first-order valence-corrected chi connectivity index (χ1v) is 10.3. The Hall–Kier alpha value is -3.94. The molecule has 0 saturated carbocycles. The lowest BCUT2D eigenvalue weighted by atomic mass is 9.97. The Labute approximate surface area is 178 Å². The Morgan fingerprint density at radius 2 is 1.87 bits per heavy atom. The van der Waals surface area contributed by atoms with Gasteiger partial charge in [0.1, 0.15) is 18.8 Å². The van der Waals surface area contributed by atoms with Crippen molar-refractivity contribution in [1.29, 1.82) is 0 Å². The van der Waals surface area contributed by atoms with Gasteiger partial charge in [0.2, 0.25) is 0 Å². The summed E-state index contributed by atoms with van der Waals surface area (Å²) in [5.74, 6) is 0.879. The molecule has 2 aliphatic heterocycles. The number of nitrogens with zero attached hydrogens (tertiary/aromatic N) is 6. The van der Waals surface area contributed by atoms with Crippen LogP contribution < -0.4 is 9.80 Å². The summed E-state index contributed by atoms with van der Waals surface area (Å²) in [6.45, 7) is 2.56. The van der Waals surface area contributed by atoms with Crippen molar-refractivity contribution in [2.24, 2.45) is 0 Å². The maximum atomic E-state index is 12.1. The Morgan fingerprint density at radius 1 is 0.968 bits per heavy atom. The van der Waals surface area contributed by atoms with Gasteiger partial charge >= 0.3 is 6.09 Å². The van der Waals surface area contributed by atoms with Crippen molar-refractivity contribution >= 4 is 28.6 Å². The summed E-state index contributed by atoms with van der Waals surface area (Å²) in [5.41, 5.74) is 5.13. The summed E-state index contributed by atoms with van der Waals surface area (Å²) < 4.78 is 6.98. The molecule has 2 aliphatic rings. The fourth-order valence-corrected chi connectivity index (χ4v) is 4.48. The normalized spacial score (nSPS) is 15.9. The second kappa shape index (κ2) is 7.09. The minimum Gasteiger partial charge on any atom is -0.447 e. The quantitative estimate of drug-likeness (QED) is 0.514. The number of aromatic nitrogens is 4. The zero-order valence-corrected chi connectivity index (χ0v) is 16.8. The van der Waals surface area contributed by atoms with Gasteiger partial charge in [-0.25, -0.2) is 19.4 Å². The van der Waals surface area contributed by atoms with E-state index in [-0.39, 0.29) is 6.09 Å². The van der Waals surface area contributed by atoms with Crippen molar-refractivity contribution in [2.45, 2.75) is 13.0 Å². The average molecular weight is 412 g/mol. The summed E-state index contributed by atoms with van der Waals surface area (Å²) in [6, 6.07) is 16.1. The monoisotopic (exact) mass is 412 g/mol. The van der Waals surface area contributed by atoms with Crippen LogP contribution in [0.5, 0.6) is 0 Å². The fraction of sp³-hybridized carbons (Fsp3) is 0.217. The molecule has 0 atom stereocenters. The first-order chi connectivity index (χ1) is 15.3. The highest BCUT2D eigenvalue weighted by molar-refractivity contribution is 5.91. The number of anilines is 2. The van der Waals surface area contributed by atoms with E-state index in [1.54, 1.807) is 11.2 Å². The van der Waals surface area contributed by atoms with Gasteiger partial charge in [-0.3, -0.25) is 4.90 Å². The van der Waals surface area contributed by atoms with Crippen molar-refractivity contribution in [1.82, 2.24) is 19.7 Å². The number of fused-ring (bicyclic) bond motifs is 2. The van der Waals surface area contributed by atoms with Crippen LogP contribution in [-0.2, 0) is 17.7 Å². The smallest absolute Gasteiger partial charge is 0.414 e. The van der Waals surface area contributed by atoms with Crippen LogP contribution in [0.1, 0.15) is 11.1 Å². The maximum absolute atomic E-state index is 12.1. The van der Waals surface area contributed by atoms with Crippen molar-refractivity contribution in [3.05, 3.63) is 72.2 Å². The molecular weight excluding hydrogens is 392 g/mol. The minimum absolute atomic E-state index is 0.262. The van der Waals surface area contributed by atoms with E-state index >= 15 is 0 Å². The molecule has 154 valence electrons. The molecule has 31 heavy (non-hydrogen) atoms. The van der Waals surface area contributed by atoms with E-state index < -0.39 is 0 Å². The summed E-state index contributed by atoms with van der Waals surface area (Å²) in [7, 11) is 0. The van der Waals surface area contributed by atoms with Crippen LogP contribution in [-0.4, -0.2) is 45.5 Å². The first kappa shape index (κ1) is 17.9. The van der Waals surface area contributed by atoms with Gasteiger partial charge in [0.05, 0.1) is 29.5 Å². The number of para-hydroxylation sites is 1. The molecule has 0 spiro atoms. The Bertz CT molecular complexity index is 1290. The Kier molecular flexibility index (Phi) is 4.09. The zero-order valence-electron chi connectivity index (χ0n) is 16.8. The number of carbonyl (C=O) groups excluding carboxylic acids is 1. The van der Waals surface area contributed by atoms with Crippen LogP contribution in [0, 0.1) is 0 Å². The van der Waals surface area contributed by atoms with E-state index in [1.165, 1.54) is 11.1 Å². The highest BCUT2D eigenvalue weighted by Crippen LogP contribution is 2.34. The van der Waals surface area contributed by atoms with E-state index in [9.17, 15) is 4.79 Å². The molecule has 0 N–H and O–H groups in total. The van der Waals surface area contributed by atoms with Gasteiger partial charge in [0.25, 0.3) is 0 Å². The summed E-state index contributed by atoms with van der Waals surface area (Å²) >= 11 is 0. The van der Waals surface area contributed by atoms with Gasteiger partial charge in [-0.05, 0) is 35.7 Å². The predicted molar refractivity (Wildman–Crippen MR) is 117 cm³/mol. The fourth-order valence-electron chi connectivity index (χ4n) is 4.48. The van der Waals surface area contributed by atoms with Crippen LogP contribution in [0.3, 0.4) is 0 Å². The standard InChI is InChI=1S/C23H20N6O2/c30-23-28(11-12-31-23)20-8-4-5-16-14-27(10-9-18(16)20)21-19-13-26-29(22(19)25-15-24-21)17-6-2-1-3-7-17/h1-8,13,15H,9-12,14H2. The molecule has 6 rings (SSSR count). The second-order valence-corrected chi connectivity index (χ2v) is 7.68. The summed E-state index contributed by atoms with van der Waals surface area (Å²) in [6.07, 6.45) is 4.00. The van der Waals surface area contributed by atoms with E-state index in [1.807, 2.05) is 53.3 Å². The lowest BCUT2D eigenvalue weighted by Gasteiger charge is -2.32. The zero-order chi connectivity index (χ0) is 20.8. The first-order valence-electron chi connectivity index (χ1n) is 10.3. The maximum Gasteiger partial charge on any atom is 0.414 e. The van der Waals surface area contributed by atoms with Crippen LogP contribution in [0.2, 0.25) is 0 Å². The molecule has 4 aromatic rings. The molecule has 0 bridgehead atoms. The molecule has 0 unspecified atom stereocenters. The van der Waals surface area contributed by atoms with Crippen molar-refractivity contribution in [3.63, 3.8) is 0 Å². The molecule has 1 fully saturated rings. The highest BCUT2D eigenvalue weighted by atomic mass is 16.6. The number of carbonyl (C=O) groups is 1. The van der Waals surface area contributed by atoms with Crippen LogP contribution in [0.4, 0.5) is 16.3 Å². The van der Waals surface area contributed by atoms with Gasteiger partial charge in [0.15, 0.2) is 5.65 Å². The molecule has 2 aromatic heterocycles. The Balaban J connectivity index is 1.36. The summed E-state index contributed by atoms with van der Waals surface area (Å²) in [4.78, 5) is 25.2. The highest BCUT2D eigenvalue weighted by Gasteiger charge is 2.29. The van der Waals surface area contributed by atoms with Crippen LogP contribution in [0.15, 0.2) is 61.1 Å². The largest absolute Gasteiger partial charge is 0.447 e. The van der Waals surface area contributed by atoms with Gasteiger partial charge < -0.3 is 9.64 Å². The second-order valence-electron chi connectivity index (χ2n) is 7.68. The minimum atomic E-state index is -0.262. The average Bonchev–Trinajstić information content (AvgIpc) is 3.45. The third kappa shape index (κ3) is 2.91. The molecule has 2 aromatic carbocycles. The van der Waals surface area contributed by atoms with Gasteiger partial charge in [-0.2, -0.15) is 5.10 Å². The van der Waals surface area contributed by atoms with Crippen molar-refractivity contribution in [2.75, 3.05) is 29.5 Å². The van der Waals surface area contributed by atoms with Gasteiger partial charge in [-0.15, -0.1) is 0 Å². The van der Waals surface area contributed by atoms with E-state index in [0.29, 0.717) is 19.7 Å². The summed E-state index contributed by atoms with van der Waals surface area (Å²) in [5, 5.41) is 5.49. The Morgan fingerprint density at radius 3 is 2.71 bits per heavy atom. The predicted octanol–water partition coefficient (Wildman–Crippen LogP) is 3.33. The van der Waals surface area contributed by atoms with Crippen LogP contribution in [0.25, 0.3) is 16.7 Å². The molecule has 0 radical (unpaired) electrons. The van der Waals surface area contributed by atoms with Crippen molar-refractivity contribution in [3.8, 4) is 5.69 Å². The lowest BCUT2D eigenvalue weighted by Crippen LogP contribution is -2.33. The van der Waals surface area contributed by atoms with Gasteiger partial charge in [-0.1, -0.05) is 30.3 Å². The third-order valence-corrected chi connectivity index (χ3v) is 5.94. The third-order valence-electron chi connectivity index (χ3n) is 5.94. The van der Waals surface area contributed by atoms with Crippen LogP contribution >= 0.6 is 0 Å². The molecule has 4 heterocycles. The van der Waals surface area contributed by atoms with E-state index in [4.69, 9.17) is 4.74 Å². The SMILES string of the molecule is O=C1OCCN1c1cccc2c1CCN(c1ncnc3c1cnn3-c1ccccc1)C2. The number of cyclic esters (lactones) is 1. The number of ether oxygens (including phenoxy) is 1.